The second-order valence-electron chi connectivity index (χ2n) is 9.30. The van der Waals surface area contributed by atoms with Crippen molar-refractivity contribution in [2.45, 2.75) is 32.6 Å². The van der Waals surface area contributed by atoms with Crippen LogP contribution in [-0.4, -0.2) is 41.7 Å². The number of ketones is 1. The van der Waals surface area contributed by atoms with Crippen molar-refractivity contribution in [2.24, 2.45) is 5.73 Å². The van der Waals surface area contributed by atoms with E-state index >= 15 is 4.39 Å². The second kappa shape index (κ2) is 12.3. The fraction of sp³-hybridized carbons (Fsp3) is 0.214. The molecule has 0 fully saturated rings. The first kappa shape index (κ1) is 29.3. The van der Waals surface area contributed by atoms with Crippen LogP contribution in [0.5, 0.6) is 0 Å². The van der Waals surface area contributed by atoms with E-state index in [1.54, 1.807) is 43.5 Å². The van der Waals surface area contributed by atoms with E-state index in [2.05, 4.69) is 20.0 Å². The monoisotopic (exact) mass is 583 g/mol. The third-order valence-corrected chi connectivity index (χ3v) is 7.64. The molecule has 0 radical (unpaired) electrons. The summed E-state index contributed by atoms with van der Waals surface area (Å²) in [5.74, 6) is -4.46. The Morgan fingerprint density at radius 2 is 1.76 bits per heavy atom. The number of hydrogen-bond acceptors (Lipinski definition) is 6. The minimum atomic E-state index is -3.88. The zero-order valence-electron chi connectivity index (χ0n) is 22.0. The summed E-state index contributed by atoms with van der Waals surface area (Å²) in [4.78, 5) is 43.3. The highest BCUT2D eigenvalue weighted by Crippen LogP contribution is 2.30. The van der Waals surface area contributed by atoms with Crippen molar-refractivity contribution in [3.05, 3.63) is 77.6 Å². The summed E-state index contributed by atoms with van der Waals surface area (Å²) in [5.41, 5.74) is 5.72. The first-order valence-electron chi connectivity index (χ1n) is 12.7. The van der Waals surface area contributed by atoms with E-state index in [1.165, 1.54) is 6.20 Å². The number of aromatic amines is 1. The Morgan fingerprint density at radius 1 is 1.02 bits per heavy atom. The standard InChI is InChI=1S/C28H27F2N5O5S/c1-2-12-41(39,40)35-22-11-10-21(29)25(26(22)30)27(38)20-15-33-28-19(20)13-17(14-32-28)16-6-8-18(9-7-16)34-24(37)5-3-4-23(31)36/h6-11,13-15,35H,2-5,12H2,1H3,(H2,31,36)(H,32,33)(H,34,37). The molecule has 2 aromatic carbocycles. The lowest BCUT2D eigenvalue weighted by molar-refractivity contribution is -0.118. The van der Waals surface area contributed by atoms with E-state index in [-0.39, 0.29) is 36.5 Å². The molecule has 4 aromatic rings. The number of amides is 2. The first-order chi connectivity index (χ1) is 19.5. The van der Waals surface area contributed by atoms with Crippen molar-refractivity contribution >= 4 is 50.0 Å². The van der Waals surface area contributed by atoms with Crippen LogP contribution in [0.15, 0.2) is 54.9 Å². The number of aromatic nitrogens is 2. The predicted octanol–water partition coefficient (Wildman–Crippen LogP) is 4.48. The molecule has 2 aromatic heterocycles. The van der Waals surface area contributed by atoms with Gasteiger partial charge < -0.3 is 16.0 Å². The summed E-state index contributed by atoms with van der Waals surface area (Å²) >= 11 is 0. The molecule has 5 N–H and O–H groups in total. The van der Waals surface area contributed by atoms with Crippen LogP contribution in [-0.2, 0) is 19.6 Å². The number of pyridine rings is 1. The molecule has 214 valence electrons. The molecule has 41 heavy (non-hydrogen) atoms. The van der Waals surface area contributed by atoms with Crippen LogP contribution in [0, 0.1) is 11.6 Å². The van der Waals surface area contributed by atoms with Crippen LogP contribution in [0.2, 0.25) is 0 Å². The number of H-pyrrole nitrogens is 1. The Balaban J connectivity index is 1.59. The normalized spacial score (nSPS) is 11.4. The highest BCUT2D eigenvalue weighted by atomic mass is 32.2. The number of carbonyl (C=O) groups excluding carboxylic acids is 3. The van der Waals surface area contributed by atoms with Gasteiger partial charge in [-0.15, -0.1) is 0 Å². The molecule has 0 unspecified atom stereocenters. The smallest absolute Gasteiger partial charge is 0.232 e. The van der Waals surface area contributed by atoms with E-state index in [0.717, 1.165) is 12.1 Å². The Hall–Kier alpha value is -4.65. The van der Waals surface area contributed by atoms with Gasteiger partial charge in [0.25, 0.3) is 0 Å². The van der Waals surface area contributed by atoms with E-state index in [9.17, 15) is 27.2 Å². The lowest BCUT2D eigenvalue weighted by Gasteiger charge is -2.11. The van der Waals surface area contributed by atoms with Gasteiger partial charge in [-0.25, -0.2) is 22.2 Å². The van der Waals surface area contributed by atoms with Gasteiger partial charge in [-0.1, -0.05) is 19.1 Å². The Morgan fingerprint density at radius 3 is 2.44 bits per heavy atom. The molecule has 0 atom stereocenters. The molecule has 10 nitrogen and oxygen atoms in total. The maximum atomic E-state index is 15.3. The highest BCUT2D eigenvalue weighted by molar-refractivity contribution is 7.92. The average molecular weight is 584 g/mol. The average Bonchev–Trinajstić information content (AvgIpc) is 3.34. The van der Waals surface area contributed by atoms with Crippen molar-refractivity contribution < 1.29 is 31.6 Å². The lowest BCUT2D eigenvalue weighted by atomic mass is 9.99. The molecule has 4 rings (SSSR count). The maximum Gasteiger partial charge on any atom is 0.232 e. The van der Waals surface area contributed by atoms with Crippen molar-refractivity contribution in [3.63, 3.8) is 0 Å². The molecular formula is C28H27F2N5O5S. The van der Waals surface area contributed by atoms with Gasteiger partial charge in [0, 0.05) is 47.4 Å². The number of primary amides is 1. The number of nitrogens with zero attached hydrogens (tertiary/aromatic N) is 1. The zero-order valence-corrected chi connectivity index (χ0v) is 22.8. The lowest BCUT2D eigenvalue weighted by Crippen LogP contribution is -2.18. The van der Waals surface area contributed by atoms with Crippen molar-refractivity contribution in [1.29, 1.82) is 0 Å². The number of hydrogen-bond donors (Lipinski definition) is 4. The SMILES string of the molecule is CCCS(=O)(=O)Nc1ccc(F)c(C(=O)c2c[nH]c3ncc(-c4ccc(NC(=O)CCCC(N)=O)cc4)cc23)c1F. The summed E-state index contributed by atoms with van der Waals surface area (Å²) in [6.45, 7) is 1.64. The summed E-state index contributed by atoms with van der Waals surface area (Å²) < 4.78 is 56.3. The fourth-order valence-electron chi connectivity index (χ4n) is 4.20. The van der Waals surface area contributed by atoms with Gasteiger partial charge in [-0.3, -0.25) is 19.1 Å². The third-order valence-electron chi connectivity index (χ3n) is 6.16. The minimum Gasteiger partial charge on any atom is -0.370 e. The topological polar surface area (TPSA) is 164 Å². The van der Waals surface area contributed by atoms with E-state index in [0.29, 0.717) is 34.3 Å². The molecule has 13 heteroatoms. The molecule has 0 aliphatic rings. The number of rotatable bonds is 12. The molecule has 0 spiro atoms. The van der Waals surface area contributed by atoms with Crippen molar-refractivity contribution in [2.75, 3.05) is 15.8 Å². The Bertz CT molecular complexity index is 1740. The maximum absolute atomic E-state index is 15.3. The van der Waals surface area contributed by atoms with Crippen molar-refractivity contribution in [1.82, 2.24) is 9.97 Å². The number of halogens is 2. The quantitative estimate of drug-likeness (QED) is 0.180. The highest BCUT2D eigenvalue weighted by Gasteiger charge is 2.26. The van der Waals surface area contributed by atoms with E-state index < -0.39 is 44.6 Å². The van der Waals surface area contributed by atoms with Gasteiger partial charge in [0.05, 0.1) is 17.0 Å². The predicted molar refractivity (Wildman–Crippen MR) is 151 cm³/mol. The van der Waals surface area contributed by atoms with Gasteiger partial charge in [0.2, 0.25) is 27.6 Å². The molecule has 2 heterocycles. The van der Waals surface area contributed by atoms with Gasteiger partial charge >= 0.3 is 0 Å². The minimum absolute atomic E-state index is 0.0550. The molecule has 0 bridgehead atoms. The van der Waals surface area contributed by atoms with Gasteiger partial charge in [-0.05, 0) is 48.7 Å². The Labute approximate surface area is 234 Å². The van der Waals surface area contributed by atoms with Gasteiger partial charge in [-0.2, -0.15) is 0 Å². The zero-order chi connectivity index (χ0) is 29.7. The summed E-state index contributed by atoms with van der Waals surface area (Å²) in [6.07, 6.45) is 3.72. The first-order valence-corrected chi connectivity index (χ1v) is 14.3. The number of fused-ring (bicyclic) bond motifs is 1. The number of anilines is 2. The molecule has 2 amide bonds. The number of carbonyl (C=O) groups is 3. The molecule has 0 saturated carbocycles. The van der Waals surface area contributed by atoms with Crippen molar-refractivity contribution in [3.8, 4) is 11.1 Å². The number of sulfonamides is 1. The molecule has 0 aliphatic heterocycles. The molecule has 0 aliphatic carbocycles. The van der Waals surface area contributed by atoms with Gasteiger partial charge in [0.15, 0.2) is 5.82 Å². The molecular weight excluding hydrogens is 556 g/mol. The fourth-order valence-corrected chi connectivity index (χ4v) is 5.34. The molecule has 0 saturated heterocycles. The number of nitrogens with two attached hydrogens (primary N) is 1. The third kappa shape index (κ3) is 6.92. The summed E-state index contributed by atoms with van der Waals surface area (Å²) in [7, 11) is -3.88. The van der Waals surface area contributed by atoms with E-state index in [4.69, 9.17) is 5.73 Å². The van der Waals surface area contributed by atoms with Crippen LogP contribution in [0.4, 0.5) is 20.2 Å². The van der Waals surface area contributed by atoms with Crippen LogP contribution in [0.3, 0.4) is 0 Å². The van der Waals surface area contributed by atoms with Crippen LogP contribution < -0.4 is 15.8 Å². The van der Waals surface area contributed by atoms with Gasteiger partial charge in [0.1, 0.15) is 11.5 Å². The largest absolute Gasteiger partial charge is 0.370 e. The summed E-state index contributed by atoms with van der Waals surface area (Å²) in [6, 6.07) is 10.2. The Kier molecular flexibility index (Phi) is 8.77. The van der Waals surface area contributed by atoms with Crippen LogP contribution >= 0.6 is 0 Å². The van der Waals surface area contributed by atoms with Crippen LogP contribution in [0.25, 0.3) is 22.2 Å². The van der Waals surface area contributed by atoms with Crippen LogP contribution in [0.1, 0.15) is 48.5 Å². The second-order valence-corrected chi connectivity index (χ2v) is 11.1. The number of benzene rings is 2. The van der Waals surface area contributed by atoms with E-state index in [1.807, 2.05) is 0 Å². The summed E-state index contributed by atoms with van der Waals surface area (Å²) in [5, 5.41) is 3.03. The number of nitrogens with one attached hydrogen (secondary N) is 3.